The van der Waals surface area contributed by atoms with Gasteiger partial charge in [0.2, 0.25) is 0 Å². The average molecular weight is 355 g/mol. The number of aryl methyl sites for hydroxylation is 1. The Kier molecular flexibility index (Phi) is 4.91. The fourth-order valence-corrected chi connectivity index (χ4v) is 2.98. The number of carboxylic acid groups (broad SMARTS) is 1. The van der Waals surface area contributed by atoms with Crippen molar-refractivity contribution in [3.8, 4) is 0 Å². The number of nitrogens with zero attached hydrogens (tertiary/aromatic N) is 1. The number of hydrogen-bond acceptors (Lipinski definition) is 2. The maximum atomic E-state index is 12.2. The van der Waals surface area contributed by atoms with E-state index in [0.717, 1.165) is 0 Å². The van der Waals surface area contributed by atoms with Crippen LogP contribution in [0.5, 0.6) is 0 Å². The average Bonchev–Trinajstić information content (AvgIpc) is 2.68. The van der Waals surface area contributed by atoms with E-state index in [1.165, 1.54) is 4.90 Å². The van der Waals surface area contributed by atoms with E-state index in [1.54, 1.807) is 6.92 Å². The van der Waals surface area contributed by atoms with Crippen LogP contribution in [0.15, 0.2) is 0 Å². The maximum absolute atomic E-state index is 12.2. The lowest BCUT2D eigenvalue weighted by molar-refractivity contribution is 0.0905. The number of nitrogens with one attached hydrogen (secondary N) is 2. The van der Waals surface area contributed by atoms with Crippen molar-refractivity contribution in [2.45, 2.75) is 24.8 Å². The quantitative estimate of drug-likeness (QED) is 0.714. The number of hydrogen-bond donors (Lipinski definition) is 3. The first-order chi connectivity index (χ1) is 9.81. The van der Waals surface area contributed by atoms with Crippen molar-refractivity contribution in [3.05, 3.63) is 21.4 Å². The first-order valence-corrected chi connectivity index (χ1v) is 7.46. The van der Waals surface area contributed by atoms with Crippen molar-refractivity contribution in [2.24, 2.45) is 0 Å². The van der Waals surface area contributed by atoms with Crippen LogP contribution in [0.25, 0.3) is 0 Å². The summed E-state index contributed by atoms with van der Waals surface area (Å²) in [4.78, 5) is 27.1. The second-order valence-corrected chi connectivity index (χ2v) is 6.18. The molecule has 6 nitrogen and oxygen atoms in total. The number of carbonyl (C=O) groups excluding carboxylic acids is 1. The fourth-order valence-electron chi connectivity index (χ4n) is 2.21. The molecule has 2 rings (SSSR count). The monoisotopic (exact) mass is 353 g/mol. The SMILES string of the molecule is Cc1[nH]c(C(=O)N[C@@H]2CCN(C(=O)O)C[C@@H]2Cl)c(Cl)c1Cl. The number of piperidine rings is 1. The van der Waals surface area contributed by atoms with E-state index < -0.39 is 17.4 Å². The molecule has 0 unspecified atom stereocenters. The molecule has 0 radical (unpaired) electrons. The highest BCUT2D eigenvalue weighted by molar-refractivity contribution is 6.44. The van der Waals surface area contributed by atoms with Gasteiger partial charge < -0.3 is 20.3 Å². The Hall–Kier alpha value is -1.11. The molecule has 0 saturated carbocycles. The van der Waals surface area contributed by atoms with Crippen LogP contribution in [-0.2, 0) is 0 Å². The Morgan fingerprint density at radius 3 is 2.52 bits per heavy atom. The molecule has 21 heavy (non-hydrogen) atoms. The summed E-state index contributed by atoms with van der Waals surface area (Å²) in [5.41, 5.74) is 0.790. The molecule has 1 aromatic rings. The number of halogens is 3. The summed E-state index contributed by atoms with van der Waals surface area (Å²) in [5, 5.41) is 11.7. The lowest BCUT2D eigenvalue weighted by Crippen LogP contribution is -2.53. The minimum Gasteiger partial charge on any atom is -0.465 e. The Bertz CT molecular complexity index is 576. The van der Waals surface area contributed by atoms with Crippen LogP contribution in [0.4, 0.5) is 4.79 Å². The van der Waals surface area contributed by atoms with Crippen molar-refractivity contribution in [2.75, 3.05) is 13.1 Å². The van der Waals surface area contributed by atoms with Crippen molar-refractivity contribution in [1.29, 1.82) is 0 Å². The van der Waals surface area contributed by atoms with Crippen LogP contribution in [0.3, 0.4) is 0 Å². The van der Waals surface area contributed by atoms with E-state index in [4.69, 9.17) is 39.9 Å². The summed E-state index contributed by atoms with van der Waals surface area (Å²) < 4.78 is 0. The van der Waals surface area contributed by atoms with Crippen LogP contribution < -0.4 is 5.32 Å². The smallest absolute Gasteiger partial charge is 0.407 e. The zero-order chi connectivity index (χ0) is 15.7. The number of carbonyl (C=O) groups is 2. The van der Waals surface area contributed by atoms with Crippen molar-refractivity contribution in [3.63, 3.8) is 0 Å². The molecule has 116 valence electrons. The van der Waals surface area contributed by atoms with E-state index in [2.05, 4.69) is 10.3 Å². The Labute approximate surface area is 136 Å². The number of aromatic nitrogens is 1. The first kappa shape index (κ1) is 16.3. The van der Waals surface area contributed by atoms with E-state index >= 15 is 0 Å². The predicted molar refractivity (Wildman–Crippen MR) is 80.7 cm³/mol. The molecule has 1 fully saturated rings. The van der Waals surface area contributed by atoms with Crippen molar-refractivity contribution in [1.82, 2.24) is 15.2 Å². The predicted octanol–water partition coefficient (Wildman–Crippen LogP) is 2.72. The van der Waals surface area contributed by atoms with Crippen LogP contribution in [0, 0.1) is 6.92 Å². The number of likely N-dealkylation sites (tertiary alicyclic amines) is 1. The normalized spacial score (nSPS) is 22.2. The number of aromatic amines is 1. The van der Waals surface area contributed by atoms with Gasteiger partial charge in [-0.1, -0.05) is 23.2 Å². The summed E-state index contributed by atoms with van der Waals surface area (Å²) in [6.07, 6.45) is -0.572. The number of rotatable bonds is 2. The lowest BCUT2D eigenvalue weighted by atomic mass is 10.0. The van der Waals surface area contributed by atoms with Crippen LogP contribution in [0.1, 0.15) is 22.6 Å². The molecule has 0 bridgehead atoms. The molecule has 1 aromatic heterocycles. The van der Waals surface area contributed by atoms with Crippen LogP contribution in [0.2, 0.25) is 10.0 Å². The standard InChI is InChI=1S/C12H14Cl3N3O3/c1-5-8(14)9(15)10(16-5)11(19)17-7-2-3-18(12(20)21)4-6(7)13/h6-7,16H,2-4H2,1H3,(H,17,19)(H,20,21)/t6-,7+/m0/s1. The van der Waals surface area contributed by atoms with Gasteiger partial charge in [-0.2, -0.15) is 0 Å². The molecule has 2 amide bonds. The van der Waals surface area contributed by atoms with Gasteiger partial charge in [-0.25, -0.2) is 4.79 Å². The van der Waals surface area contributed by atoms with Gasteiger partial charge >= 0.3 is 6.09 Å². The molecule has 3 N–H and O–H groups in total. The zero-order valence-electron chi connectivity index (χ0n) is 11.1. The van der Waals surface area contributed by atoms with E-state index in [9.17, 15) is 9.59 Å². The van der Waals surface area contributed by atoms with E-state index in [-0.39, 0.29) is 23.3 Å². The molecular formula is C12H14Cl3N3O3. The summed E-state index contributed by atoms with van der Waals surface area (Å²) >= 11 is 18.1. The highest BCUT2D eigenvalue weighted by atomic mass is 35.5. The molecular weight excluding hydrogens is 341 g/mol. The molecule has 1 aliphatic heterocycles. The number of alkyl halides is 1. The zero-order valence-corrected chi connectivity index (χ0v) is 13.4. The van der Waals surface area contributed by atoms with Gasteiger partial charge in [-0.05, 0) is 13.3 Å². The highest BCUT2D eigenvalue weighted by Gasteiger charge is 2.32. The second-order valence-electron chi connectivity index (χ2n) is 4.87. The maximum Gasteiger partial charge on any atom is 0.407 e. The van der Waals surface area contributed by atoms with Gasteiger partial charge in [-0.15, -0.1) is 11.6 Å². The second kappa shape index (κ2) is 6.34. The summed E-state index contributed by atoms with van der Waals surface area (Å²) in [7, 11) is 0. The summed E-state index contributed by atoms with van der Waals surface area (Å²) in [5.74, 6) is -0.408. The Morgan fingerprint density at radius 1 is 1.38 bits per heavy atom. The third-order valence-corrected chi connectivity index (χ3v) is 4.80. The molecule has 2 atom stereocenters. The molecule has 0 aliphatic carbocycles. The molecule has 0 aromatic carbocycles. The van der Waals surface area contributed by atoms with Gasteiger partial charge in [0.05, 0.1) is 15.4 Å². The molecule has 1 aliphatic rings. The van der Waals surface area contributed by atoms with Crippen molar-refractivity contribution < 1.29 is 14.7 Å². The van der Waals surface area contributed by atoms with Crippen LogP contribution in [-0.4, -0.2) is 51.5 Å². The molecule has 0 spiro atoms. The minimum absolute atomic E-state index is 0.167. The first-order valence-electron chi connectivity index (χ1n) is 6.27. The number of H-pyrrole nitrogens is 1. The Morgan fingerprint density at radius 2 is 2.05 bits per heavy atom. The topological polar surface area (TPSA) is 85.4 Å². The summed E-state index contributed by atoms with van der Waals surface area (Å²) in [6.45, 7) is 2.20. The van der Waals surface area contributed by atoms with Gasteiger partial charge in [0.15, 0.2) is 0 Å². The fraction of sp³-hybridized carbons (Fsp3) is 0.500. The largest absolute Gasteiger partial charge is 0.465 e. The van der Waals surface area contributed by atoms with Crippen molar-refractivity contribution >= 4 is 46.8 Å². The van der Waals surface area contributed by atoms with E-state index in [1.807, 2.05) is 0 Å². The van der Waals surface area contributed by atoms with Gasteiger partial charge in [-0.3, -0.25) is 4.79 Å². The van der Waals surface area contributed by atoms with Crippen LogP contribution >= 0.6 is 34.8 Å². The van der Waals surface area contributed by atoms with Gasteiger partial charge in [0.1, 0.15) is 5.69 Å². The lowest BCUT2D eigenvalue weighted by Gasteiger charge is -2.34. The molecule has 2 heterocycles. The minimum atomic E-state index is -1.01. The molecule has 1 saturated heterocycles. The van der Waals surface area contributed by atoms with Gasteiger partial charge in [0.25, 0.3) is 5.91 Å². The third kappa shape index (κ3) is 3.39. The van der Waals surface area contributed by atoms with Gasteiger partial charge in [0, 0.05) is 24.8 Å². The highest BCUT2D eigenvalue weighted by Crippen LogP contribution is 2.29. The number of amides is 2. The Balaban J connectivity index is 2.03. The molecule has 9 heteroatoms. The third-order valence-electron chi connectivity index (χ3n) is 3.41. The van der Waals surface area contributed by atoms with E-state index in [0.29, 0.717) is 23.7 Å². The summed E-state index contributed by atoms with van der Waals surface area (Å²) in [6, 6.07) is -0.326.